The molecule has 19 heavy (non-hydrogen) atoms. The highest BCUT2D eigenvalue weighted by atomic mass is 16.5. The first-order valence-corrected chi connectivity index (χ1v) is 5.75. The number of pyridine rings is 1. The van der Waals surface area contributed by atoms with Crippen molar-refractivity contribution >= 4 is 16.6 Å². The van der Waals surface area contributed by atoms with Gasteiger partial charge in [0.15, 0.2) is 0 Å². The third-order valence-electron chi connectivity index (χ3n) is 2.88. The molecule has 0 fully saturated rings. The van der Waals surface area contributed by atoms with Crippen LogP contribution in [0.3, 0.4) is 0 Å². The van der Waals surface area contributed by atoms with Crippen molar-refractivity contribution in [2.45, 2.75) is 0 Å². The summed E-state index contributed by atoms with van der Waals surface area (Å²) < 4.78 is 10.6. The number of rotatable bonds is 3. The quantitative estimate of drug-likeness (QED) is 0.843. The van der Waals surface area contributed by atoms with E-state index in [2.05, 4.69) is 11.1 Å². The molecule has 0 saturated carbocycles. The second-order valence-corrected chi connectivity index (χ2v) is 4.26. The Bertz CT molecular complexity index is 660. The number of nitriles is 1. The predicted octanol–water partition coefficient (Wildman–Crippen LogP) is 2.19. The van der Waals surface area contributed by atoms with E-state index in [0.717, 1.165) is 11.1 Å². The van der Waals surface area contributed by atoms with Gasteiger partial charge in [0.1, 0.15) is 28.8 Å². The average molecular weight is 257 g/mol. The van der Waals surface area contributed by atoms with Gasteiger partial charge in [-0.05, 0) is 12.1 Å². The molecule has 0 bridgehead atoms. The summed E-state index contributed by atoms with van der Waals surface area (Å²) in [4.78, 5) is 6.25. The molecule has 0 amide bonds. The maximum Gasteiger partial charge on any atom is 0.148 e. The van der Waals surface area contributed by atoms with E-state index in [1.165, 1.54) is 0 Å². The van der Waals surface area contributed by atoms with Crippen LogP contribution in [0.1, 0.15) is 5.69 Å². The van der Waals surface area contributed by atoms with Gasteiger partial charge in [-0.15, -0.1) is 0 Å². The topological polar surface area (TPSA) is 58.4 Å². The van der Waals surface area contributed by atoms with Crippen molar-refractivity contribution in [1.82, 2.24) is 4.98 Å². The number of aromatic nitrogens is 1. The fourth-order valence-electron chi connectivity index (χ4n) is 1.95. The Morgan fingerprint density at radius 2 is 1.89 bits per heavy atom. The molecule has 1 aromatic heterocycles. The van der Waals surface area contributed by atoms with Gasteiger partial charge in [0.2, 0.25) is 0 Å². The molecule has 0 N–H and O–H groups in total. The normalized spacial score (nSPS) is 10.1. The number of hydrogen-bond acceptors (Lipinski definition) is 5. The van der Waals surface area contributed by atoms with Gasteiger partial charge >= 0.3 is 0 Å². The van der Waals surface area contributed by atoms with Crippen LogP contribution in [0.2, 0.25) is 0 Å². The Kier molecular flexibility index (Phi) is 3.43. The molecule has 98 valence electrons. The third kappa shape index (κ3) is 2.25. The molecule has 2 aromatic rings. The van der Waals surface area contributed by atoms with Gasteiger partial charge in [-0.3, -0.25) is 0 Å². The van der Waals surface area contributed by atoms with Gasteiger partial charge in [0, 0.05) is 31.2 Å². The molecule has 1 aromatic carbocycles. The van der Waals surface area contributed by atoms with Crippen LogP contribution in [0.25, 0.3) is 10.9 Å². The number of methoxy groups -OCH3 is 2. The zero-order valence-corrected chi connectivity index (χ0v) is 11.4. The molecular weight excluding hydrogens is 242 g/mol. The van der Waals surface area contributed by atoms with Crippen molar-refractivity contribution < 1.29 is 9.47 Å². The molecule has 0 saturated heterocycles. The Hall–Kier alpha value is -2.48. The van der Waals surface area contributed by atoms with Crippen molar-refractivity contribution in [2.75, 3.05) is 33.2 Å². The summed E-state index contributed by atoms with van der Waals surface area (Å²) in [6.07, 6.45) is 0. The molecule has 5 heteroatoms. The first kappa shape index (κ1) is 13.0. The van der Waals surface area contributed by atoms with Crippen LogP contribution in [-0.2, 0) is 0 Å². The van der Waals surface area contributed by atoms with E-state index >= 15 is 0 Å². The largest absolute Gasteiger partial charge is 0.497 e. The number of hydrogen-bond donors (Lipinski definition) is 0. The lowest BCUT2D eigenvalue weighted by Crippen LogP contribution is -2.10. The Labute approximate surface area is 112 Å². The maximum absolute atomic E-state index is 9.07. The van der Waals surface area contributed by atoms with Crippen LogP contribution in [0, 0.1) is 11.3 Å². The van der Waals surface area contributed by atoms with Gasteiger partial charge in [0.25, 0.3) is 0 Å². The Balaban J connectivity index is 2.89. The summed E-state index contributed by atoms with van der Waals surface area (Å²) in [5.41, 5.74) is 1.92. The molecule has 0 atom stereocenters. The minimum atomic E-state index is 0.361. The lowest BCUT2D eigenvalue weighted by molar-refractivity contribution is 0.397. The smallest absolute Gasteiger partial charge is 0.148 e. The van der Waals surface area contributed by atoms with Crippen LogP contribution in [0.4, 0.5) is 5.69 Å². The minimum absolute atomic E-state index is 0.361. The molecular formula is C14H15N3O2. The lowest BCUT2D eigenvalue weighted by Gasteiger charge is -2.17. The second-order valence-electron chi connectivity index (χ2n) is 4.26. The number of nitrogens with zero attached hydrogens (tertiary/aromatic N) is 3. The van der Waals surface area contributed by atoms with E-state index < -0.39 is 0 Å². The molecule has 0 unspecified atom stereocenters. The summed E-state index contributed by atoms with van der Waals surface area (Å²) >= 11 is 0. The van der Waals surface area contributed by atoms with Gasteiger partial charge < -0.3 is 14.4 Å². The van der Waals surface area contributed by atoms with Crippen molar-refractivity contribution in [3.8, 4) is 17.6 Å². The number of ether oxygens (including phenoxy) is 2. The van der Waals surface area contributed by atoms with E-state index in [9.17, 15) is 0 Å². The zero-order valence-electron chi connectivity index (χ0n) is 11.4. The van der Waals surface area contributed by atoms with Crippen molar-refractivity contribution in [2.24, 2.45) is 0 Å². The van der Waals surface area contributed by atoms with Crippen LogP contribution >= 0.6 is 0 Å². The van der Waals surface area contributed by atoms with Crippen LogP contribution in [0.5, 0.6) is 11.5 Å². The van der Waals surface area contributed by atoms with Gasteiger partial charge in [-0.25, -0.2) is 4.98 Å². The van der Waals surface area contributed by atoms with Gasteiger partial charge in [-0.1, -0.05) is 0 Å². The molecule has 0 radical (unpaired) electrons. The molecule has 0 spiro atoms. The summed E-state index contributed by atoms with van der Waals surface area (Å²) in [5.74, 6) is 1.29. The molecule has 0 aliphatic carbocycles. The average Bonchev–Trinajstić information content (AvgIpc) is 2.44. The van der Waals surface area contributed by atoms with E-state index in [4.69, 9.17) is 14.7 Å². The van der Waals surface area contributed by atoms with E-state index in [-0.39, 0.29) is 0 Å². The first-order chi connectivity index (χ1) is 9.10. The summed E-state index contributed by atoms with van der Waals surface area (Å²) in [6, 6.07) is 7.47. The number of fused-ring (bicyclic) bond motifs is 1. The summed E-state index contributed by atoms with van der Waals surface area (Å²) in [7, 11) is 7.01. The number of benzene rings is 1. The third-order valence-corrected chi connectivity index (χ3v) is 2.88. The lowest BCUT2D eigenvalue weighted by atomic mass is 10.1. The summed E-state index contributed by atoms with van der Waals surface area (Å²) in [5, 5.41) is 9.96. The standard InChI is InChI=1S/C14H15N3O2/c1-17(2)12-5-9(8-15)16-14-11(12)6-10(18-3)7-13(14)19-4/h5-7H,1-4H3. The maximum atomic E-state index is 9.07. The fraction of sp³-hybridized carbons (Fsp3) is 0.286. The summed E-state index contributed by atoms with van der Waals surface area (Å²) in [6.45, 7) is 0. The van der Waals surface area contributed by atoms with E-state index in [0.29, 0.717) is 22.7 Å². The van der Waals surface area contributed by atoms with Crippen molar-refractivity contribution in [3.05, 3.63) is 23.9 Å². The molecule has 0 aliphatic heterocycles. The van der Waals surface area contributed by atoms with Gasteiger partial charge in [-0.2, -0.15) is 5.26 Å². The monoisotopic (exact) mass is 257 g/mol. The fourth-order valence-corrected chi connectivity index (χ4v) is 1.95. The highest BCUT2D eigenvalue weighted by Gasteiger charge is 2.13. The zero-order chi connectivity index (χ0) is 14.0. The Morgan fingerprint density at radius 1 is 1.16 bits per heavy atom. The highest BCUT2D eigenvalue weighted by Crippen LogP contribution is 2.35. The second kappa shape index (κ2) is 5.02. The highest BCUT2D eigenvalue weighted by molar-refractivity contribution is 5.96. The predicted molar refractivity (Wildman–Crippen MR) is 73.9 cm³/mol. The van der Waals surface area contributed by atoms with Crippen molar-refractivity contribution in [3.63, 3.8) is 0 Å². The van der Waals surface area contributed by atoms with Crippen molar-refractivity contribution in [1.29, 1.82) is 5.26 Å². The Morgan fingerprint density at radius 3 is 2.42 bits per heavy atom. The van der Waals surface area contributed by atoms with Gasteiger partial charge in [0.05, 0.1) is 14.2 Å². The minimum Gasteiger partial charge on any atom is -0.497 e. The first-order valence-electron chi connectivity index (χ1n) is 5.75. The SMILES string of the molecule is COc1cc(OC)c2nc(C#N)cc(N(C)C)c2c1. The van der Waals surface area contributed by atoms with Crippen LogP contribution in [-0.4, -0.2) is 33.3 Å². The van der Waals surface area contributed by atoms with E-state index in [1.807, 2.05) is 25.1 Å². The molecule has 1 heterocycles. The van der Waals surface area contributed by atoms with Crippen LogP contribution < -0.4 is 14.4 Å². The van der Waals surface area contributed by atoms with Crippen LogP contribution in [0.15, 0.2) is 18.2 Å². The number of anilines is 1. The van der Waals surface area contributed by atoms with E-state index in [1.54, 1.807) is 26.4 Å². The molecule has 2 rings (SSSR count). The molecule has 0 aliphatic rings. The molecule has 5 nitrogen and oxygen atoms in total.